The molecule has 8 nitrogen and oxygen atoms in total. The van der Waals surface area contributed by atoms with Gasteiger partial charge in [-0.15, -0.1) is 0 Å². The van der Waals surface area contributed by atoms with Gasteiger partial charge in [-0.05, 0) is 57.0 Å². The second-order valence-electron chi connectivity index (χ2n) is 8.72. The molecule has 0 aliphatic carbocycles. The molecule has 2 aromatic heterocycles. The van der Waals surface area contributed by atoms with Crippen molar-refractivity contribution in [3.8, 4) is 5.75 Å². The van der Waals surface area contributed by atoms with Crippen molar-refractivity contribution >= 4 is 11.8 Å². The lowest BCUT2D eigenvalue weighted by atomic mass is 10.1. The number of likely N-dealkylation sites (N-methyl/N-ethyl adjacent to an activating group) is 1. The monoisotopic (exact) mass is 491 g/mol. The van der Waals surface area contributed by atoms with E-state index in [-0.39, 0.29) is 17.7 Å². The zero-order chi connectivity index (χ0) is 26.2. The number of amides is 2. The number of aryl methyl sites for hydroxylation is 3. The molecule has 0 bridgehead atoms. The van der Waals surface area contributed by atoms with E-state index < -0.39 is 17.2 Å². The first-order valence-corrected chi connectivity index (χ1v) is 11.9. The first-order chi connectivity index (χ1) is 17.2. The lowest BCUT2D eigenvalue weighted by Gasteiger charge is -2.21. The lowest BCUT2D eigenvalue weighted by molar-refractivity contribution is 0.0776. The summed E-state index contributed by atoms with van der Waals surface area (Å²) < 4.78 is 12.4. The van der Waals surface area contributed by atoms with Gasteiger partial charge in [0.15, 0.2) is 0 Å². The van der Waals surface area contributed by atoms with Gasteiger partial charge >= 0.3 is 0 Å². The number of pyridine rings is 1. The zero-order valence-electron chi connectivity index (χ0n) is 21.3. The fraction of sp³-hybridized carbons (Fsp3) is 0.321. The maximum absolute atomic E-state index is 13.3. The number of nitrogens with zero attached hydrogens (tertiary/aromatic N) is 2. The molecule has 1 aromatic carbocycles. The van der Waals surface area contributed by atoms with Crippen molar-refractivity contribution < 1.29 is 18.7 Å². The van der Waals surface area contributed by atoms with Crippen LogP contribution in [0.4, 0.5) is 0 Å². The van der Waals surface area contributed by atoms with Crippen LogP contribution in [-0.2, 0) is 19.5 Å². The number of furan rings is 1. The third-order valence-corrected chi connectivity index (χ3v) is 5.72. The Morgan fingerprint density at radius 2 is 1.81 bits per heavy atom. The average Bonchev–Trinajstić information content (AvgIpc) is 3.29. The lowest BCUT2D eigenvalue weighted by Crippen LogP contribution is -2.38. The summed E-state index contributed by atoms with van der Waals surface area (Å²) >= 11 is 0. The van der Waals surface area contributed by atoms with Crippen LogP contribution in [0, 0.1) is 6.92 Å². The number of hydrogen-bond acceptors (Lipinski definition) is 5. The summed E-state index contributed by atoms with van der Waals surface area (Å²) in [4.78, 5) is 41.1. The SMILES string of the molecule is C=C(C)CN(CC)C(=O)c1cn(CCc2ccc(OC)cc2)cc(C(=O)NCc2ccc(C)o2)c1=O. The molecule has 0 aliphatic rings. The Morgan fingerprint density at radius 1 is 1.11 bits per heavy atom. The van der Waals surface area contributed by atoms with E-state index in [1.54, 1.807) is 28.7 Å². The molecule has 190 valence electrons. The van der Waals surface area contributed by atoms with E-state index in [0.717, 1.165) is 22.6 Å². The Hall–Kier alpha value is -4.07. The topological polar surface area (TPSA) is 93.8 Å². The summed E-state index contributed by atoms with van der Waals surface area (Å²) in [5.41, 5.74) is 1.11. The smallest absolute Gasteiger partial charge is 0.259 e. The number of aromatic nitrogens is 1. The first kappa shape index (κ1) is 26.5. The third kappa shape index (κ3) is 6.75. The predicted octanol–water partition coefficient (Wildman–Crippen LogP) is 3.97. The fourth-order valence-corrected chi connectivity index (χ4v) is 3.79. The van der Waals surface area contributed by atoms with Crippen LogP contribution in [0.1, 0.15) is 51.6 Å². The van der Waals surface area contributed by atoms with Crippen LogP contribution < -0.4 is 15.5 Å². The van der Waals surface area contributed by atoms with Gasteiger partial charge in [0.25, 0.3) is 11.8 Å². The maximum atomic E-state index is 13.3. The van der Waals surface area contributed by atoms with E-state index >= 15 is 0 Å². The van der Waals surface area contributed by atoms with Crippen molar-refractivity contribution in [3.63, 3.8) is 0 Å². The molecule has 0 spiro atoms. The van der Waals surface area contributed by atoms with Crippen LogP contribution in [0.15, 0.2) is 70.2 Å². The Kier molecular flexibility index (Phi) is 8.89. The maximum Gasteiger partial charge on any atom is 0.259 e. The number of carbonyl (C=O) groups is 2. The Bertz CT molecular complexity index is 1290. The van der Waals surface area contributed by atoms with Gasteiger partial charge < -0.3 is 23.9 Å². The minimum atomic E-state index is -0.603. The van der Waals surface area contributed by atoms with Gasteiger partial charge in [0.05, 0.1) is 13.7 Å². The summed E-state index contributed by atoms with van der Waals surface area (Å²) in [6.45, 7) is 10.7. The highest BCUT2D eigenvalue weighted by atomic mass is 16.5. The first-order valence-electron chi connectivity index (χ1n) is 11.9. The Balaban J connectivity index is 1.91. The van der Waals surface area contributed by atoms with Crippen molar-refractivity contribution in [1.29, 1.82) is 0 Å². The summed E-state index contributed by atoms with van der Waals surface area (Å²) in [5, 5.41) is 2.73. The number of rotatable bonds is 11. The van der Waals surface area contributed by atoms with Gasteiger partial charge in [-0.1, -0.05) is 24.3 Å². The summed E-state index contributed by atoms with van der Waals surface area (Å²) in [6, 6.07) is 11.2. The molecule has 2 amide bonds. The molecule has 0 fully saturated rings. The average molecular weight is 492 g/mol. The molecule has 8 heteroatoms. The normalized spacial score (nSPS) is 10.7. The van der Waals surface area contributed by atoms with E-state index in [0.29, 0.717) is 31.8 Å². The molecule has 1 N–H and O–H groups in total. The van der Waals surface area contributed by atoms with Gasteiger partial charge in [-0.25, -0.2) is 0 Å². The number of ether oxygens (including phenoxy) is 1. The minimum Gasteiger partial charge on any atom is -0.497 e. The van der Waals surface area contributed by atoms with Crippen LogP contribution in [0.5, 0.6) is 5.75 Å². The molecule has 36 heavy (non-hydrogen) atoms. The number of nitrogens with one attached hydrogen (secondary N) is 1. The van der Waals surface area contributed by atoms with E-state index in [2.05, 4.69) is 11.9 Å². The van der Waals surface area contributed by atoms with Crippen molar-refractivity contribution in [1.82, 2.24) is 14.8 Å². The Morgan fingerprint density at radius 3 is 2.39 bits per heavy atom. The summed E-state index contributed by atoms with van der Waals surface area (Å²) in [5.74, 6) is 1.07. The van der Waals surface area contributed by atoms with Gasteiger partial charge in [0, 0.05) is 32.0 Å². The van der Waals surface area contributed by atoms with Gasteiger partial charge in [0.1, 0.15) is 28.4 Å². The van der Waals surface area contributed by atoms with Crippen molar-refractivity contribution in [3.05, 3.63) is 99.4 Å². The van der Waals surface area contributed by atoms with E-state index in [4.69, 9.17) is 9.15 Å². The number of carbonyl (C=O) groups excluding carboxylic acids is 2. The zero-order valence-corrected chi connectivity index (χ0v) is 21.3. The highest BCUT2D eigenvalue weighted by molar-refractivity contribution is 5.99. The highest BCUT2D eigenvalue weighted by Gasteiger charge is 2.23. The van der Waals surface area contributed by atoms with Gasteiger partial charge in [-0.3, -0.25) is 14.4 Å². The minimum absolute atomic E-state index is 0.0469. The molecule has 0 radical (unpaired) electrons. The third-order valence-electron chi connectivity index (χ3n) is 5.72. The fourth-order valence-electron chi connectivity index (χ4n) is 3.79. The molecule has 2 heterocycles. The van der Waals surface area contributed by atoms with Crippen LogP contribution in [0.25, 0.3) is 0 Å². The van der Waals surface area contributed by atoms with Gasteiger partial charge in [-0.2, -0.15) is 0 Å². The molecule has 0 saturated carbocycles. The second-order valence-corrected chi connectivity index (χ2v) is 8.72. The molecule has 0 atom stereocenters. The van der Waals surface area contributed by atoms with E-state index in [1.165, 1.54) is 12.4 Å². The number of methoxy groups -OCH3 is 1. The summed E-state index contributed by atoms with van der Waals surface area (Å²) in [7, 11) is 1.61. The molecule has 0 aliphatic heterocycles. The largest absolute Gasteiger partial charge is 0.497 e. The van der Waals surface area contributed by atoms with Crippen LogP contribution in [-0.4, -0.2) is 41.5 Å². The van der Waals surface area contributed by atoms with Crippen molar-refractivity contribution in [2.75, 3.05) is 20.2 Å². The van der Waals surface area contributed by atoms with Crippen LogP contribution in [0.2, 0.25) is 0 Å². The van der Waals surface area contributed by atoms with Crippen molar-refractivity contribution in [2.24, 2.45) is 0 Å². The highest BCUT2D eigenvalue weighted by Crippen LogP contribution is 2.13. The molecular formula is C28H33N3O5. The molecular weight excluding hydrogens is 458 g/mol. The van der Waals surface area contributed by atoms with Crippen molar-refractivity contribution in [2.45, 2.75) is 40.3 Å². The number of benzene rings is 1. The molecule has 3 aromatic rings. The summed E-state index contributed by atoms with van der Waals surface area (Å²) in [6.07, 6.45) is 3.67. The second kappa shape index (κ2) is 12.1. The van der Waals surface area contributed by atoms with Crippen LogP contribution in [0.3, 0.4) is 0 Å². The quantitative estimate of drug-likeness (QED) is 0.410. The van der Waals surface area contributed by atoms with Crippen LogP contribution >= 0.6 is 0 Å². The molecule has 0 saturated heterocycles. The predicted molar refractivity (Wildman–Crippen MR) is 138 cm³/mol. The number of hydrogen-bond donors (Lipinski definition) is 1. The Labute approximate surface area is 211 Å². The van der Waals surface area contributed by atoms with Gasteiger partial charge in [0.2, 0.25) is 5.43 Å². The molecule has 0 unspecified atom stereocenters. The van der Waals surface area contributed by atoms with E-state index in [1.807, 2.05) is 45.0 Å². The standard InChI is InChI=1S/C28H33N3O5/c1-6-31(16-19(2)3)28(34)25-18-30(14-13-21-8-11-22(35-5)12-9-21)17-24(26(25)32)27(33)29-15-23-10-7-20(4)36-23/h7-12,17-18H,2,6,13-16H2,1,3-5H3,(H,29,33). The van der Waals surface area contributed by atoms with E-state index in [9.17, 15) is 14.4 Å². The molecule has 3 rings (SSSR count).